The van der Waals surface area contributed by atoms with Gasteiger partial charge in [-0.25, -0.2) is 0 Å². The number of aliphatic hydroxyl groups is 1. The predicted octanol–water partition coefficient (Wildman–Crippen LogP) is 1.83. The standard InChI is InChI=1S/C15H23N3O2/c1-11-5-2-8-13(15(16)17-20)14(11)18(9-4-10-19)12-6-3-7-12/h2,5,8,12,19-20H,3-4,6-7,9-10H2,1H3,(H2,16,17). The van der Waals surface area contributed by atoms with E-state index in [9.17, 15) is 0 Å². The minimum Gasteiger partial charge on any atom is -0.409 e. The average Bonchev–Trinajstić information content (AvgIpc) is 2.40. The van der Waals surface area contributed by atoms with Crippen LogP contribution in [0.15, 0.2) is 23.4 Å². The van der Waals surface area contributed by atoms with Crippen LogP contribution in [0, 0.1) is 6.92 Å². The van der Waals surface area contributed by atoms with Crippen molar-refractivity contribution in [2.24, 2.45) is 10.9 Å². The number of aliphatic hydroxyl groups excluding tert-OH is 1. The highest BCUT2D eigenvalue weighted by Crippen LogP contribution is 2.34. The van der Waals surface area contributed by atoms with E-state index < -0.39 is 0 Å². The molecule has 0 aliphatic heterocycles. The molecule has 5 nitrogen and oxygen atoms in total. The van der Waals surface area contributed by atoms with E-state index in [0.717, 1.165) is 42.6 Å². The summed E-state index contributed by atoms with van der Waals surface area (Å²) >= 11 is 0. The van der Waals surface area contributed by atoms with Gasteiger partial charge in [0.2, 0.25) is 0 Å². The van der Waals surface area contributed by atoms with E-state index in [2.05, 4.69) is 10.1 Å². The minimum atomic E-state index is 0.136. The topological polar surface area (TPSA) is 82.1 Å². The molecule has 1 aliphatic carbocycles. The second-order valence-electron chi connectivity index (χ2n) is 5.31. The van der Waals surface area contributed by atoms with Crippen LogP contribution >= 0.6 is 0 Å². The molecule has 0 aromatic heterocycles. The highest BCUT2D eigenvalue weighted by Gasteiger charge is 2.27. The molecule has 5 heteroatoms. The van der Waals surface area contributed by atoms with Crippen molar-refractivity contribution in [2.75, 3.05) is 18.1 Å². The number of aryl methyl sites for hydroxylation is 1. The van der Waals surface area contributed by atoms with Gasteiger partial charge in [0, 0.05) is 24.8 Å². The average molecular weight is 277 g/mol. The fourth-order valence-electron chi connectivity index (χ4n) is 2.72. The number of para-hydroxylation sites is 1. The van der Waals surface area contributed by atoms with Gasteiger partial charge >= 0.3 is 0 Å². The Labute approximate surface area is 119 Å². The molecule has 4 N–H and O–H groups in total. The second-order valence-corrected chi connectivity index (χ2v) is 5.31. The third-order valence-corrected chi connectivity index (χ3v) is 3.98. The molecule has 0 atom stereocenters. The number of rotatable bonds is 6. The summed E-state index contributed by atoms with van der Waals surface area (Å²) in [5.41, 5.74) is 8.71. The first-order valence-electron chi connectivity index (χ1n) is 7.14. The molecule has 0 heterocycles. The van der Waals surface area contributed by atoms with Crippen molar-refractivity contribution < 1.29 is 10.3 Å². The lowest BCUT2D eigenvalue weighted by molar-refractivity contribution is 0.283. The number of anilines is 1. The summed E-state index contributed by atoms with van der Waals surface area (Å²) in [6.45, 7) is 3.00. The smallest absolute Gasteiger partial charge is 0.172 e. The van der Waals surface area contributed by atoms with E-state index in [1.165, 1.54) is 6.42 Å². The van der Waals surface area contributed by atoms with E-state index in [1.807, 2.05) is 25.1 Å². The Morgan fingerprint density at radius 2 is 2.20 bits per heavy atom. The van der Waals surface area contributed by atoms with Crippen molar-refractivity contribution in [2.45, 2.75) is 38.6 Å². The van der Waals surface area contributed by atoms with Gasteiger partial charge in [0.15, 0.2) is 5.84 Å². The van der Waals surface area contributed by atoms with Crippen molar-refractivity contribution in [3.05, 3.63) is 29.3 Å². The summed E-state index contributed by atoms with van der Waals surface area (Å²) in [5, 5.41) is 21.2. The molecule has 20 heavy (non-hydrogen) atoms. The normalized spacial score (nSPS) is 16.0. The molecule has 1 saturated carbocycles. The van der Waals surface area contributed by atoms with Crippen LogP contribution in [-0.4, -0.2) is 35.3 Å². The lowest BCUT2D eigenvalue weighted by Crippen LogP contribution is -2.42. The fraction of sp³-hybridized carbons (Fsp3) is 0.533. The summed E-state index contributed by atoms with van der Waals surface area (Å²) in [6.07, 6.45) is 4.29. The van der Waals surface area contributed by atoms with Crippen LogP contribution in [0.25, 0.3) is 0 Å². The summed E-state index contributed by atoms with van der Waals surface area (Å²) in [4.78, 5) is 2.31. The fourth-order valence-corrected chi connectivity index (χ4v) is 2.72. The molecule has 1 aliphatic rings. The number of hydrogen-bond donors (Lipinski definition) is 3. The predicted molar refractivity (Wildman–Crippen MR) is 80.4 cm³/mol. The zero-order chi connectivity index (χ0) is 14.5. The van der Waals surface area contributed by atoms with Crippen molar-refractivity contribution in [1.29, 1.82) is 0 Å². The van der Waals surface area contributed by atoms with E-state index in [1.54, 1.807) is 0 Å². The van der Waals surface area contributed by atoms with Crippen molar-refractivity contribution >= 4 is 11.5 Å². The Morgan fingerprint density at radius 1 is 1.45 bits per heavy atom. The van der Waals surface area contributed by atoms with Gasteiger partial charge in [0.1, 0.15) is 0 Å². The molecule has 1 fully saturated rings. The summed E-state index contributed by atoms with van der Waals surface area (Å²) in [6, 6.07) is 6.32. The minimum absolute atomic E-state index is 0.136. The van der Waals surface area contributed by atoms with Crippen LogP contribution in [0.2, 0.25) is 0 Å². The first-order chi connectivity index (χ1) is 9.69. The number of benzene rings is 1. The van der Waals surface area contributed by atoms with Gasteiger partial charge < -0.3 is 20.9 Å². The van der Waals surface area contributed by atoms with E-state index in [-0.39, 0.29) is 12.4 Å². The van der Waals surface area contributed by atoms with Crippen LogP contribution in [-0.2, 0) is 0 Å². The Bertz CT molecular complexity index is 484. The molecule has 1 aromatic rings. The zero-order valence-electron chi connectivity index (χ0n) is 11.9. The highest BCUT2D eigenvalue weighted by molar-refractivity contribution is 6.02. The number of nitrogens with two attached hydrogens (primary N) is 1. The van der Waals surface area contributed by atoms with E-state index in [0.29, 0.717) is 6.04 Å². The van der Waals surface area contributed by atoms with E-state index >= 15 is 0 Å². The first kappa shape index (κ1) is 14.7. The van der Waals surface area contributed by atoms with Gasteiger partial charge in [0.05, 0.1) is 5.69 Å². The van der Waals surface area contributed by atoms with Crippen LogP contribution in [0.1, 0.15) is 36.8 Å². The van der Waals surface area contributed by atoms with Crippen LogP contribution in [0.5, 0.6) is 0 Å². The Kier molecular flexibility index (Phi) is 4.84. The second kappa shape index (κ2) is 6.61. The van der Waals surface area contributed by atoms with Gasteiger partial charge in [-0.15, -0.1) is 0 Å². The zero-order valence-corrected chi connectivity index (χ0v) is 11.9. The van der Waals surface area contributed by atoms with Crippen LogP contribution < -0.4 is 10.6 Å². The van der Waals surface area contributed by atoms with Crippen molar-refractivity contribution in [3.8, 4) is 0 Å². The molecule has 0 saturated heterocycles. The molecular formula is C15H23N3O2. The molecule has 2 rings (SSSR count). The molecule has 0 unspecified atom stereocenters. The van der Waals surface area contributed by atoms with Gasteiger partial charge in [0.25, 0.3) is 0 Å². The maximum atomic E-state index is 9.11. The maximum absolute atomic E-state index is 9.11. The van der Waals surface area contributed by atoms with Gasteiger partial charge in [-0.05, 0) is 44.2 Å². The van der Waals surface area contributed by atoms with Crippen molar-refractivity contribution in [3.63, 3.8) is 0 Å². The summed E-state index contributed by atoms with van der Waals surface area (Å²) in [5.74, 6) is 0.136. The molecule has 0 bridgehead atoms. The summed E-state index contributed by atoms with van der Waals surface area (Å²) < 4.78 is 0. The van der Waals surface area contributed by atoms with Gasteiger partial charge in [-0.3, -0.25) is 0 Å². The van der Waals surface area contributed by atoms with Crippen LogP contribution in [0.4, 0.5) is 5.69 Å². The molecule has 0 amide bonds. The number of amidine groups is 1. The van der Waals surface area contributed by atoms with Crippen molar-refractivity contribution in [1.82, 2.24) is 0 Å². The number of oxime groups is 1. The maximum Gasteiger partial charge on any atom is 0.172 e. The molecule has 0 spiro atoms. The molecule has 0 radical (unpaired) electrons. The van der Waals surface area contributed by atoms with Gasteiger partial charge in [-0.1, -0.05) is 17.3 Å². The third kappa shape index (κ3) is 2.88. The first-order valence-corrected chi connectivity index (χ1v) is 7.14. The van der Waals surface area contributed by atoms with E-state index in [4.69, 9.17) is 16.0 Å². The monoisotopic (exact) mass is 277 g/mol. The highest BCUT2D eigenvalue weighted by atomic mass is 16.4. The molecular weight excluding hydrogens is 254 g/mol. The molecule has 1 aromatic carbocycles. The quantitative estimate of drug-likeness (QED) is 0.321. The lowest BCUT2D eigenvalue weighted by Gasteiger charge is -2.41. The largest absolute Gasteiger partial charge is 0.409 e. The van der Waals surface area contributed by atoms with Gasteiger partial charge in [-0.2, -0.15) is 0 Å². The SMILES string of the molecule is Cc1cccc(/C(N)=N/O)c1N(CCCO)C1CCC1. The summed E-state index contributed by atoms with van der Waals surface area (Å²) in [7, 11) is 0. The third-order valence-electron chi connectivity index (χ3n) is 3.98. The number of nitrogens with zero attached hydrogens (tertiary/aromatic N) is 2. The Hall–Kier alpha value is -1.75. The Morgan fingerprint density at radius 3 is 2.75 bits per heavy atom. The Balaban J connectivity index is 2.40. The number of hydrogen-bond acceptors (Lipinski definition) is 4. The molecule has 110 valence electrons. The lowest BCUT2D eigenvalue weighted by atomic mass is 9.89. The van der Waals surface area contributed by atoms with Crippen LogP contribution in [0.3, 0.4) is 0 Å².